The number of nitrogens with zero attached hydrogens (tertiary/aromatic N) is 3. The van der Waals surface area contributed by atoms with Crippen LogP contribution in [0.5, 0.6) is 0 Å². The Labute approximate surface area is 123 Å². The molecular weight excluding hydrogens is 264 g/mol. The SMILES string of the molecule is c1ccc2oc(C3CCN(Cc4ncc[nH]4)CC3)nc2c1. The number of aromatic amines is 1. The molecule has 0 spiro atoms. The van der Waals surface area contributed by atoms with Gasteiger partial charge >= 0.3 is 0 Å². The van der Waals surface area contributed by atoms with Crippen molar-refractivity contribution in [3.63, 3.8) is 0 Å². The van der Waals surface area contributed by atoms with Crippen molar-refractivity contribution in [1.82, 2.24) is 19.9 Å². The smallest absolute Gasteiger partial charge is 0.198 e. The Morgan fingerprint density at radius 3 is 2.86 bits per heavy atom. The van der Waals surface area contributed by atoms with Gasteiger partial charge in [-0.3, -0.25) is 4.90 Å². The maximum absolute atomic E-state index is 5.90. The van der Waals surface area contributed by atoms with Crippen LogP contribution < -0.4 is 0 Å². The Bertz CT molecular complexity index is 678. The van der Waals surface area contributed by atoms with E-state index < -0.39 is 0 Å². The Morgan fingerprint density at radius 1 is 1.24 bits per heavy atom. The molecule has 1 fully saturated rings. The van der Waals surface area contributed by atoms with Crippen molar-refractivity contribution >= 4 is 11.1 Å². The van der Waals surface area contributed by atoms with Crippen molar-refractivity contribution in [2.24, 2.45) is 0 Å². The topological polar surface area (TPSA) is 58.0 Å². The molecule has 3 aromatic rings. The van der Waals surface area contributed by atoms with Crippen molar-refractivity contribution in [3.8, 4) is 0 Å². The molecule has 0 aliphatic carbocycles. The molecule has 4 rings (SSSR count). The number of rotatable bonds is 3. The maximum atomic E-state index is 5.90. The fourth-order valence-electron chi connectivity index (χ4n) is 3.00. The molecule has 1 saturated heterocycles. The molecule has 0 unspecified atom stereocenters. The highest BCUT2D eigenvalue weighted by Crippen LogP contribution is 2.30. The lowest BCUT2D eigenvalue weighted by Crippen LogP contribution is -2.32. The van der Waals surface area contributed by atoms with Crippen LogP contribution in [0.25, 0.3) is 11.1 Å². The van der Waals surface area contributed by atoms with Gasteiger partial charge < -0.3 is 9.40 Å². The molecule has 3 heterocycles. The number of para-hydroxylation sites is 2. The van der Waals surface area contributed by atoms with Crippen LogP contribution in [0.4, 0.5) is 0 Å². The average molecular weight is 282 g/mol. The van der Waals surface area contributed by atoms with Crippen molar-refractivity contribution in [2.45, 2.75) is 25.3 Å². The van der Waals surface area contributed by atoms with Crippen molar-refractivity contribution < 1.29 is 4.42 Å². The minimum atomic E-state index is 0.435. The average Bonchev–Trinajstić information content (AvgIpc) is 3.16. The van der Waals surface area contributed by atoms with Gasteiger partial charge in [0.05, 0.1) is 6.54 Å². The first-order chi connectivity index (χ1) is 10.4. The molecule has 0 radical (unpaired) electrons. The second-order valence-corrected chi connectivity index (χ2v) is 5.61. The first-order valence-corrected chi connectivity index (χ1v) is 7.44. The number of nitrogens with one attached hydrogen (secondary N) is 1. The standard InChI is InChI=1S/C16H18N4O/c1-2-4-14-13(3-1)19-16(21-14)12-5-9-20(10-6-12)11-15-17-7-8-18-15/h1-4,7-8,12H,5-6,9-11H2,(H,17,18). The predicted octanol–water partition coefficient (Wildman–Crippen LogP) is 2.93. The predicted molar refractivity (Wildman–Crippen MR) is 79.8 cm³/mol. The van der Waals surface area contributed by atoms with Gasteiger partial charge in [-0.1, -0.05) is 12.1 Å². The summed E-state index contributed by atoms with van der Waals surface area (Å²) < 4.78 is 5.90. The maximum Gasteiger partial charge on any atom is 0.198 e. The van der Waals surface area contributed by atoms with Gasteiger partial charge in [0, 0.05) is 18.3 Å². The number of benzene rings is 1. The van der Waals surface area contributed by atoms with Crippen LogP contribution >= 0.6 is 0 Å². The molecule has 21 heavy (non-hydrogen) atoms. The summed E-state index contributed by atoms with van der Waals surface area (Å²) in [6.07, 6.45) is 5.86. The molecule has 1 aliphatic heterocycles. The quantitative estimate of drug-likeness (QED) is 0.802. The van der Waals surface area contributed by atoms with E-state index >= 15 is 0 Å². The number of likely N-dealkylation sites (tertiary alicyclic amines) is 1. The van der Waals surface area contributed by atoms with Crippen molar-refractivity contribution in [2.75, 3.05) is 13.1 Å². The van der Waals surface area contributed by atoms with E-state index in [4.69, 9.17) is 4.42 Å². The summed E-state index contributed by atoms with van der Waals surface area (Å²) >= 11 is 0. The highest BCUT2D eigenvalue weighted by atomic mass is 16.3. The number of H-pyrrole nitrogens is 1. The Morgan fingerprint density at radius 2 is 2.10 bits per heavy atom. The molecule has 2 aromatic heterocycles. The van der Waals surface area contributed by atoms with Gasteiger partial charge in [-0.25, -0.2) is 9.97 Å². The molecule has 0 amide bonds. The Kier molecular flexibility index (Phi) is 3.20. The van der Waals surface area contributed by atoms with E-state index in [1.54, 1.807) is 6.20 Å². The van der Waals surface area contributed by atoms with E-state index in [2.05, 4.69) is 19.9 Å². The summed E-state index contributed by atoms with van der Waals surface area (Å²) in [5.74, 6) is 2.37. The summed E-state index contributed by atoms with van der Waals surface area (Å²) in [7, 11) is 0. The van der Waals surface area contributed by atoms with Gasteiger partial charge in [0.15, 0.2) is 11.5 Å². The molecule has 5 nitrogen and oxygen atoms in total. The van der Waals surface area contributed by atoms with Gasteiger partial charge in [0.2, 0.25) is 0 Å². The number of fused-ring (bicyclic) bond motifs is 1. The van der Waals surface area contributed by atoms with Crippen LogP contribution in [0, 0.1) is 0 Å². The monoisotopic (exact) mass is 282 g/mol. The van der Waals surface area contributed by atoms with E-state index in [-0.39, 0.29) is 0 Å². The van der Waals surface area contributed by atoms with Gasteiger partial charge in [-0.05, 0) is 38.1 Å². The van der Waals surface area contributed by atoms with E-state index in [9.17, 15) is 0 Å². The minimum Gasteiger partial charge on any atom is -0.440 e. The van der Waals surface area contributed by atoms with Crippen molar-refractivity contribution in [3.05, 3.63) is 48.4 Å². The number of imidazole rings is 1. The largest absolute Gasteiger partial charge is 0.440 e. The number of aromatic nitrogens is 3. The Balaban J connectivity index is 1.42. The van der Waals surface area contributed by atoms with E-state index in [0.717, 1.165) is 55.3 Å². The highest BCUT2D eigenvalue weighted by Gasteiger charge is 2.24. The molecule has 0 atom stereocenters. The lowest BCUT2D eigenvalue weighted by Gasteiger charge is -2.29. The Hall–Kier alpha value is -2.14. The zero-order chi connectivity index (χ0) is 14.1. The van der Waals surface area contributed by atoms with E-state index in [1.165, 1.54) is 0 Å². The molecule has 1 aliphatic rings. The second kappa shape index (κ2) is 5.33. The lowest BCUT2D eigenvalue weighted by atomic mass is 9.97. The first kappa shape index (κ1) is 12.6. The fraction of sp³-hybridized carbons (Fsp3) is 0.375. The minimum absolute atomic E-state index is 0.435. The summed E-state index contributed by atoms with van der Waals surface area (Å²) in [6.45, 7) is 3.02. The highest BCUT2D eigenvalue weighted by molar-refractivity contribution is 5.72. The molecular formula is C16H18N4O. The number of piperidine rings is 1. The zero-order valence-corrected chi connectivity index (χ0v) is 11.8. The van der Waals surface area contributed by atoms with Crippen molar-refractivity contribution in [1.29, 1.82) is 0 Å². The number of oxazole rings is 1. The van der Waals surface area contributed by atoms with Crippen LogP contribution in [-0.2, 0) is 6.54 Å². The van der Waals surface area contributed by atoms with Gasteiger partial charge in [0.25, 0.3) is 0 Å². The van der Waals surface area contributed by atoms with E-state index in [1.807, 2.05) is 30.5 Å². The van der Waals surface area contributed by atoms with E-state index in [0.29, 0.717) is 5.92 Å². The number of hydrogen-bond donors (Lipinski definition) is 1. The molecule has 0 saturated carbocycles. The summed E-state index contributed by atoms with van der Waals surface area (Å²) in [6, 6.07) is 7.98. The first-order valence-electron chi connectivity index (χ1n) is 7.44. The van der Waals surface area contributed by atoms with Crippen LogP contribution in [0.15, 0.2) is 41.1 Å². The summed E-state index contributed by atoms with van der Waals surface area (Å²) in [4.78, 5) is 14.5. The number of hydrogen-bond acceptors (Lipinski definition) is 4. The van der Waals surface area contributed by atoms with Gasteiger partial charge in [-0.2, -0.15) is 0 Å². The second-order valence-electron chi connectivity index (χ2n) is 5.61. The van der Waals surface area contributed by atoms with Crippen LogP contribution in [0.2, 0.25) is 0 Å². The summed E-state index contributed by atoms with van der Waals surface area (Å²) in [5.41, 5.74) is 1.86. The van der Waals surface area contributed by atoms with Crippen LogP contribution in [0.1, 0.15) is 30.5 Å². The van der Waals surface area contributed by atoms with Crippen LogP contribution in [-0.4, -0.2) is 32.9 Å². The summed E-state index contributed by atoms with van der Waals surface area (Å²) in [5, 5.41) is 0. The molecule has 1 N–H and O–H groups in total. The lowest BCUT2D eigenvalue weighted by molar-refractivity contribution is 0.190. The van der Waals surface area contributed by atoms with Gasteiger partial charge in [0.1, 0.15) is 11.3 Å². The normalized spacial score (nSPS) is 17.5. The molecule has 108 valence electrons. The third-order valence-electron chi connectivity index (χ3n) is 4.18. The molecule has 0 bridgehead atoms. The fourth-order valence-corrected chi connectivity index (χ4v) is 3.00. The van der Waals surface area contributed by atoms with Gasteiger partial charge in [-0.15, -0.1) is 0 Å². The third kappa shape index (κ3) is 2.56. The zero-order valence-electron chi connectivity index (χ0n) is 11.8. The third-order valence-corrected chi connectivity index (χ3v) is 4.18. The molecule has 1 aromatic carbocycles. The van der Waals surface area contributed by atoms with Crippen LogP contribution in [0.3, 0.4) is 0 Å². The molecule has 5 heteroatoms.